The van der Waals surface area contributed by atoms with Crippen LogP contribution in [-0.2, 0) is 12.8 Å². The number of fused-ring (bicyclic) bond motifs is 5. The summed E-state index contributed by atoms with van der Waals surface area (Å²) in [6.45, 7) is 6.18. The van der Waals surface area contributed by atoms with E-state index in [1.165, 1.54) is 23.3 Å². The fraction of sp³-hybridized carbons (Fsp3) is 0.375. The lowest BCUT2D eigenvalue weighted by molar-refractivity contribution is 0.700. The van der Waals surface area contributed by atoms with Crippen molar-refractivity contribution in [2.75, 3.05) is 5.32 Å². The third-order valence-corrected chi connectivity index (χ3v) is 7.29. The van der Waals surface area contributed by atoms with E-state index in [-0.39, 0.29) is 11.6 Å². The van der Waals surface area contributed by atoms with Crippen LogP contribution in [0.1, 0.15) is 49.2 Å². The third-order valence-electron chi connectivity index (χ3n) is 6.11. The maximum atomic E-state index is 13.8. The van der Waals surface area contributed by atoms with Gasteiger partial charge in [-0.25, -0.2) is 14.5 Å². The van der Waals surface area contributed by atoms with Crippen LogP contribution in [0.25, 0.3) is 26.8 Å². The van der Waals surface area contributed by atoms with Crippen LogP contribution in [0.5, 0.6) is 0 Å². The van der Waals surface area contributed by atoms with E-state index in [2.05, 4.69) is 19.2 Å². The average Bonchev–Trinajstić information content (AvgIpc) is 3.12. The number of para-hydroxylation sites is 1. The van der Waals surface area contributed by atoms with Crippen LogP contribution in [0.4, 0.5) is 5.95 Å². The third kappa shape index (κ3) is 3.01. The number of hydrogen-bond acceptors (Lipinski definition) is 5. The maximum absolute atomic E-state index is 13.8. The molecular formula is C24H26N4OS. The summed E-state index contributed by atoms with van der Waals surface area (Å²) < 4.78 is 1.70. The first-order chi connectivity index (χ1) is 14.6. The van der Waals surface area contributed by atoms with Gasteiger partial charge in [-0.3, -0.25) is 4.79 Å². The predicted octanol–water partition coefficient (Wildman–Crippen LogP) is 5.39. The molecule has 1 aromatic carbocycles. The van der Waals surface area contributed by atoms with Gasteiger partial charge in [-0.05, 0) is 63.6 Å². The number of rotatable bonds is 4. The zero-order valence-corrected chi connectivity index (χ0v) is 18.5. The van der Waals surface area contributed by atoms with E-state index < -0.39 is 0 Å². The largest absolute Gasteiger partial charge is 0.353 e. The molecule has 1 unspecified atom stereocenters. The number of hydrogen-bond donors (Lipinski definition) is 1. The molecule has 0 spiro atoms. The molecule has 0 radical (unpaired) electrons. The van der Waals surface area contributed by atoms with Gasteiger partial charge >= 0.3 is 0 Å². The standard InChI is InChI=1S/C24H26N4OS/c1-4-14(2)25-24-27-21-19(23(29)28(24)16-10-6-5-7-11-16)15(3)26-22-20(21)17-12-8-9-13-18(17)30-22/h5-7,10-11,14H,4,8-9,12-13H2,1-3H3,(H,25,27). The molecule has 0 saturated heterocycles. The van der Waals surface area contributed by atoms with Gasteiger partial charge in [0.05, 0.1) is 22.3 Å². The molecule has 1 N–H and O–H groups in total. The number of aromatic nitrogens is 3. The molecule has 1 aliphatic carbocycles. The molecule has 1 aliphatic rings. The van der Waals surface area contributed by atoms with E-state index >= 15 is 0 Å². The Labute approximate surface area is 179 Å². The topological polar surface area (TPSA) is 59.8 Å². The molecule has 0 bridgehead atoms. The second-order valence-electron chi connectivity index (χ2n) is 8.18. The molecule has 5 nitrogen and oxygen atoms in total. The highest BCUT2D eigenvalue weighted by Crippen LogP contribution is 2.39. The van der Waals surface area contributed by atoms with Crippen molar-refractivity contribution in [2.45, 2.75) is 58.9 Å². The lowest BCUT2D eigenvalue weighted by Gasteiger charge is -2.19. The number of anilines is 1. The van der Waals surface area contributed by atoms with Crippen molar-refractivity contribution in [2.24, 2.45) is 0 Å². The molecule has 1 atom stereocenters. The van der Waals surface area contributed by atoms with Crippen molar-refractivity contribution in [3.8, 4) is 5.69 Å². The minimum atomic E-state index is -0.0559. The summed E-state index contributed by atoms with van der Waals surface area (Å²) in [5.41, 5.74) is 3.68. The normalized spacial score (nSPS) is 14.8. The van der Waals surface area contributed by atoms with Gasteiger partial charge in [0.25, 0.3) is 5.56 Å². The number of thiophene rings is 1. The van der Waals surface area contributed by atoms with E-state index in [4.69, 9.17) is 9.97 Å². The lowest BCUT2D eigenvalue weighted by Crippen LogP contribution is -2.27. The zero-order chi connectivity index (χ0) is 20.8. The maximum Gasteiger partial charge on any atom is 0.269 e. The van der Waals surface area contributed by atoms with Gasteiger partial charge in [0.2, 0.25) is 5.95 Å². The van der Waals surface area contributed by atoms with Crippen molar-refractivity contribution in [3.63, 3.8) is 0 Å². The summed E-state index contributed by atoms with van der Waals surface area (Å²) in [5, 5.41) is 5.21. The minimum Gasteiger partial charge on any atom is -0.353 e. The summed E-state index contributed by atoms with van der Waals surface area (Å²) in [4.78, 5) is 26.2. The van der Waals surface area contributed by atoms with Crippen LogP contribution >= 0.6 is 11.3 Å². The van der Waals surface area contributed by atoms with Crippen molar-refractivity contribution in [1.82, 2.24) is 14.5 Å². The van der Waals surface area contributed by atoms with Crippen LogP contribution in [0.2, 0.25) is 0 Å². The summed E-state index contributed by atoms with van der Waals surface area (Å²) in [6.07, 6.45) is 5.52. The second-order valence-corrected chi connectivity index (χ2v) is 9.26. The van der Waals surface area contributed by atoms with Gasteiger partial charge < -0.3 is 5.32 Å². The van der Waals surface area contributed by atoms with Gasteiger partial charge in [-0.2, -0.15) is 0 Å². The fourth-order valence-electron chi connectivity index (χ4n) is 4.35. The number of benzene rings is 1. The van der Waals surface area contributed by atoms with Crippen LogP contribution in [-0.4, -0.2) is 20.6 Å². The van der Waals surface area contributed by atoms with Crippen LogP contribution in [0.15, 0.2) is 35.1 Å². The lowest BCUT2D eigenvalue weighted by atomic mass is 9.96. The van der Waals surface area contributed by atoms with Crippen molar-refractivity contribution < 1.29 is 0 Å². The Hall–Kier alpha value is -2.73. The number of nitrogens with one attached hydrogen (secondary N) is 1. The van der Waals surface area contributed by atoms with Crippen molar-refractivity contribution in [3.05, 3.63) is 56.8 Å². The number of nitrogens with zero attached hydrogens (tertiary/aromatic N) is 3. The SMILES string of the molecule is CCC(C)Nc1nc2c(c(C)nc3sc4c(c32)CCCC4)c(=O)n1-c1ccccc1. The Morgan fingerprint density at radius 1 is 1.13 bits per heavy atom. The molecule has 0 amide bonds. The molecular weight excluding hydrogens is 392 g/mol. The van der Waals surface area contributed by atoms with Gasteiger partial charge in [-0.1, -0.05) is 25.1 Å². The number of aryl methyl sites for hydroxylation is 3. The smallest absolute Gasteiger partial charge is 0.269 e. The van der Waals surface area contributed by atoms with E-state index in [1.807, 2.05) is 37.3 Å². The first-order valence-electron chi connectivity index (χ1n) is 10.8. The fourth-order valence-corrected chi connectivity index (χ4v) is 5.66. The predicted molar refractivity (Wildman–Crippen MR) is 125 cm³/mol. The van der Waals surface area contributed by atoms with Gasteiger partial charge in [-0.15, -0.1) is 11.3 Å². The summed E-state index contributed by atoms with van der Waals surface area (Å²) in [5.74, 6) is 0.607. The highest BCUT2D eigenvalue weighted by molar-refractivity contribution is 7.19. The molecule has 5 rings (SSSR count). The van der Waals surface area contributed by atoms with Gasteiger partial charge in [0, 0.05) is 16.3 Å². The van der Waals surface area contributed by atoms with Crippen LogP contribution in [0.3, 0.4) is 0 Å². The van der Waals surface area contributed by atoms with Crippen molar-refractivity contribution in [1.29, 1.82) is 0 Å². The molecule has 154 valence electrons. The molecule has 3 aromatic heterocycles. The number of pyridine rings is 1. The van der Waals surface area contributed by atoms with E-state index in [0.717, 1.165) is 46.4 Å². The average molecular weight is 419 g/mol. The zero-order valence-electron chi connectivity index (χ0n) is 17.7. The minimum absolute atomic E-state index is 0.0559. The summed E-state index contributed by atoms with van der Waals surface area (Å²) in [7, 11) is 0. The summed E-state index contributed by atoms with van der Waals surface area (Å²) >= 11 is 1.78. The van der Waals surface area contributed by atoms with E-state index in [1.54, 1.807) is 15.9 Å². The molecule has 6 heteroatoms. The second kappa shape index (κ2) is 7.51. The Morgan fingerprint density at radius 2 is 1.90 bits per heavy atom. The van der Waals surface area contributed by atoms with Crippen LogP contribution < -0.4 is 10.9 Å². The molecule has 30 heavy (non-hydrogen) atoms. The molecule has 0 saturated carbocycles. The first kappa shape index (κ1) is 19.2. The Balaban J connectivity index is 1.90. The molecule has 3 heterocycles. The highest BCUT2D eigenvalue weighted by Gasteiger charge is 2.24. The Morgan fingerprint density at radius 3 is 2.67 bits per heavy atom. The van der Waals surface area contributed by atoms with Crippen LogP contribution in [0, 0.1) is 6.92 Å². The Bertz CT molecular complexity index is 1310. The highest BCUT2D eigenvalue weighted by atomic mass is 32.1. The Kier molecular flexibility index (Phi) is 4.82. The van der Waals surface area contributed by atoms with E-state index in [0.29, 0.717) is 11.3 Å². The monoisotopic (exact) mass is 418 g/mol. The summed E-state index contributed by atoms with van der Waals surface area (Å²) in [6, 6.07) is 9.96. The van der Waals surface area contributed by atoms with Crippen molar-refractivity contribution >= 4 is 38.4 Å². The van der Waals surface area contributed by atoms with Gasteiger partial charge in [0.15, 0.2) is 0 Å². The first-order valence-corrected chi connectivity index (χ1v) is 11.6. The van der Waals surface area contributed by atoms with Gasteiger partial charge in [0.1, 0.15) is 4.83 Å². The van der Waals surface area contributed by atoms with E-state index in [9.17, 15) is 4.79 Å². The molecule has 0 fully saturated rings. The molecule has 0 aliphatic heterocycles. The quantitative estimate of drug-likeness (QED) is 0.482. The molecule has 4 aromatic rings.